The second kappa shape index (κ2) is 5.38. The SMILES string of the molecule is Cc1cc(N2CC(CO)OCC2C)c2ccccc2n1. The number of hydrogen-bond donors (Lipinski definition) is 1. The third kappa shape index (κ3) is 2.37. The lowest BCUT2D eigenvalue weighted by Gasteiger charge is -2.39. The topological polar surface area (TPSA) is 45.6 Å². The number of aliphatic hydroxyl groups is 1. The molecular weight excluding hydrogens is 252 g/mol. The Balaban J connectivity index is 2.08. The van der Waals surface area contributed by atoms with Crippen LogP contribution in [0, 0.1) is 6.92 Å². The van der Waals surface area contributed by atoms with Gasteiger partial charge in [-0.1, -0.05) is 18.2 Å². The molecule has 2 heterocycles. The number of benzene rings is 1. The van der Waals surface area contributed by atoms with E-state index in [0.29, 0.717) is 19.2 Å². The minimum atomic E-state index is -0.113. The predicted octanol–water partition coefficient (Wildman–Crippen LogP) is 2.13. The molecule has 0 aliphatic carbocycles. The third-order valence-corrected chi connectivity index (χ3v) is 3.84. The Morgan fingerprint density at radius 2 is 2.20 bits per heavy atom. The van der Waals surface area contributed by atoms with E-state index in [-0.39, 0.29) is 12.7 Å². The Kier molecular flexibility index (Phi) is 3.59. The molecule has 2 unspecified atom stereocenters. The van der Waals surface area contributed by atoms with Gasteiger partial charge in [0.2, 0.25) is 0 Å². The van der Waals surface area contributed by atoms with E-state index in [1.807, 2.05) is 25.1 Å². The van der Waals surface area contributed by atoms with Crippen LogP contribution in [0.15, 0.2) is 30.3 Å². The van der Waals surface area contributed by atoms with Crippen molar-refractivity contribution in [2.45, 2.75) is 26.0 Å². The number of aliphatic hydroxyl groups excluding tert-OH is 1. The van der Waals surface area contributed by atoms with Crippen LogP contribution in [0.5, 0.6) is 0 Å². The number of para-hydroxylation sites is 1. The van der Waals surface area contributed by atoms with Gasteiger partial charge in [0, 0.05) is 29.4 Å². The minimum Gasteiger partial charge on any atom is -0.394 e. The largest absolute Gasteiger partial charge is 0.394 e. The molecule has 1 aliphatic rings. The van der Waals surface area contributed by atoms with Crippen LogP contribution in [0.1, 0.15) is 12.6 Å². The third-order valence-electron chi connectivity index (χ3n) is 3.84. The maximum atomic E-state index is 9.35. The predicted molar refractivity (Wildman–Crippen MR) is 80.1 cm³/mol. The summed E-state index contributed by atoms with van der Waals surface area (Å²) < 4.78 is 5.63. The number of rotatable bonds is 2. The maximum Gasteiger partial charge on any atom is 0.0981 e. The van der Waals surface area contributed by atoms with E-state index in [2.05, 4.69) is 28.9 Å². The molecule has 2 aromatic rings. The van der Waals surface area contributed by atoms with Gasteiger partial charge >= 0.3 is 0 Å². The zero-order valence-electron chi connectivity index (χ0n) is 11.9. The number of nitrogens with zero attached hydrogens (tertiary/aromatic N) is 2. The van der Waals surface area contributed by atoms with Crippen LogP contribution in [-0.2, 0) is 4.74 Å². The van der Waals surface area contributed by atoms with Crippen molar-refractivity contribution >= 4 is 16.6 Å². The first-order valence-corrected chi connectivity index (χ1v) is 7.04. The van der Waals surface area contributed by atoms with Crippen molar-refractivity contribution in [3.8, 4) is 0 Å². The number of pyridine rings is 1. The van der Waals surface area contributed by atoms with Crippen molar-refractivity contribution in [2.24, 2.45) is 0 Å². The standard InChI is InChI=1S/C16H20N2O2/c1-11-7-16(14-5-3-4-6-15(14)17-11)18-8-13(9-19)20-10-12(18)2/h3-7,12-13,19H,8-10H2,1-2H3. The Bertz CT molecular complexity index is 614. The van der Waals surface area contributed by atoms with Crippen LogP contribution in [0.3, 0.4) is 0 Å². The number of anilines is 1. The van der Waals surface area contributed by atoms with Crippen molar-refractivity contribution < 1.29 is 9.84 Å². The van der Waals surface area contributed by atoms with Gasteiger partial charge in [-0.3, -0.25) is 4.98 Å². The molecule has 2 atom stereocenters. The van der Waals surface area contributed by atoms with Crippen LogP contribution in [0.2, 0.25) is 0 Å². The van der Waals surface area contributed by atoms with Gasteiger partial charge in [-0.25, -0.2) is 0 Å². The fraction of sp³-hybridized carbons (Fsp3) is 0.438. The molecule has 1 fully saturated rings. The van der Waals surface area contributed by atoms with Crippen molar-refractivity contribution in [3.63, 3.8) is 0 Å². The maximum absolute atomic E-state index is 9.35. The van der Waals surface area contributed by atoms with Gasteiger partial charge in [-0.15, -0.1) is 0 Å². The van der Waals surface area contributed by atoms with Crippen LogP contribution in [0.4, 0.5) is 5.69 Å². The molecular formula is C16H20N2O2. The molecule has 0 bridgehead atoms. The molecule has 3 rings (SSSR count). The molecule has 4 nitrogen and oxygen atoms in total. The highest BCUT2D eigenvalue weighted by Crippen LogP contribution is 2.30. The normalized spacial score (nSPS) is 23.2. The molecule has 1 saturated heterocycles. The first-order valence-electron chi connectivity index (χ1n) is 7.04. The fourth-order valence-corrected chi connectivity index (χ4v) is 2.79. The molecule has 0 amide bonds. The number of fused-ring (bicyclic) bond motifs is 1. The molecule has 1 aliphatic heterocycles. The minimum absolute atomic E-state index is 0.0607. The highest BCUT2D eigenvalue weighted by molar-refractivity contribution is 5.92. The summed E-state index contributed by atoms with van der Waals surface area (Å²) >= 11 is 0. The number of morpholine rings is 1. The molecule has 0 radical (unpaired) electrons. The average Bonchev–Trinajstić information content (AvgIpc) is 2.47. The summed E-state index contributed by atoms with van der Waals surface area (Å²) in [7, 11) is 0. The van der Waals surface area contributed by atoms with Crippen molar-refractivity contribution in [1.29, 1.82) is 0 Å². The monoisotopic (exact) mass is 272 g/mol. The van der Waals surface area contributed by atoms with E-state index < -0.39 is 0 Å². The van der Waals surface area contributed by atoms with Gasteiger partial charge in [0.15, 0.2) is 0 Å². The van der Waals surface area contributed by atoms with E-state index in [9.17, 15) is 5.11 Å². The first kappa shape index (κ1) is 13.3. The zero-order chi connectivity index (χ0) is 14.1. The highest BCUT2D eigenvalue weighted by Gasteiger charge is 2.27. The fourth-order valence-electron chi connectivity index (χ4n) is 2.79. The van der Waals surface area contributed by atoms with Gasteiger partial charge in [0.05, 0.1) is 24.8 Å². The molecule has 1 N–H and O–H groups in total. The average molecular weight is 272 g/mol. The molecule has 1 aromatic carbocycles. The number of hydrogen-bond acceptors (Lipinski definition) is 4. The number of ether oxygens (including phenoxy) is 1. The lowest BCUT2D eigenvalue weighted by atomic mass is 10.1. The van der Waals surface area contributed by atoms with Crippen LogP contribution >= 0.6 is 0 Å². The lowest BCUT2D eigenvalue weighted by molar-refractivity contribution is -0.0102. The summed E-state index contributed by atoms with van der Waals surface area (Å²) in [6.07, 6.45) is -0.113. The van der Waals surface area contributed by atoms with Gasteiger partial charge < -0.3 is 14.7 Å². The molecule has 106 valence electrons. The quantitative estimate of drug-likeness (QED) is 0.909. The smallest absolute Gasteiger partial charge is 0.0981 e. The Morgan fingerprint density at radius 3 is 3.00 bits per heavy atom. The Hall–Kier alpha value is -1.65. The summed E-state index contributed by atoms with van der Waals surface area (Å²) in [5.41, 5.74) is 3.21. The molecule has 20 heavy (non-hydrogen) atoms. The Labute approximate surface area is 119 Å². The summed E-state index contributed by atoms with van der Waals surface area (Å²) in [6, 6.07) is 10.6. The molecule has 1 aromatic heterocycles. The number of aryl methyl sites for hydroxylation is 1. The second-order valence-corrected chi connectivity index (χ2v) is 5.44. The highest BCUT2D eigenvalue weighted by atomic mass is 16.5. The van der Waals surface area contributed by atoms with Crippen LogP contribution < -0.4 is 4.90 Å². The molecule has 0 spiro atoms. The van der Waals surface area contributed by atoms with Gasteiger partial charge in [0.25, 0.3) is 0 Å². The Morgan fingerprint density at radius 1 is 1.40 bits per heavy atom. The van der Waals surface area contributed by atoms with E-state index in [1.54, 1.807) is 0 Å². The lowest BCUT2D eigenvalue weighted by Crippen LogP contribution is -2.49. The van der Waals surface area contributed by atoms with E-state index in [0.717, 1.165) is 16.6 Å². The van der Waals surface area contributed by atoms with Gasteiger partial charge in [0.1, 0.15) is 0 Å². The van der Waals surface area contributed by atoms with Gasteiger partial charge in [-0.2, -0.15) is 0 Å². The van der Waals surface area contributed by atoms with E-state index in [4.69, 9.17) is 4.74 Å². The van der Waals surface area contributed by atoms with Crippen molar-refractivity contribution in [1.82, 2.24) is 4.98 Å². The molecule has 0 saturated carbocycles. The van der Waals surface area contributed by atoms with Gasteiger partial charge in [-0.05, 0) is 26.0 Å². The summed E-state index contributed by atoms with van der Waals surface area (Å²) in [6.45, 7) is 5.58. The van der Waals surface area contributed by atoms with Crippen LogP contribution in [0.25, 0.3) is 10.9 Å². The summed E-state index contributed by atoms with van der Waals surface area (Å²) in [5, 5.41) is 10.5. The van der Waals surface area contributed by atoms with Crippen molar-refractivity contribution in [3.05, 3.63) is 36.0 Å². The second-order valence-electron chi connectivity index (χ2n) is 5.44. The molecule has 4 heteroatoms. The van der Waals surface area contributed by atoms with E-state index in [1.165, 1.54) is 5.69 Å². The zero-order valence-corrected chi connectivity index (χ0v) is 11.9. The summed E-state index contributed by atoms with van der Waals surface area (Å²) in [4.78, 5) is 6.91. The first-order chi connectivity index (χ1) is 9.69. The number of aromatic nitrogens is 1. The van der Waals surface area contributed by atoms with Crippen LogP contribution in [-0.4, -0.2) is 42.0 Å². The van der Waals surface area contributed by atoms with E-state index >= 15 is 0 Å². The van der Waals surface area contributed by atoms with Crippen molar-refractivity contribution in [2.75, 3.05) is 24.7 Å². The summed E-state index contributed by atoms with van der Waals surface area (Å²) in [5.74, 6) is 0.